The smallest absolute Gasteiger partial charge is 0.156 e. The number of rotatable bonds is 9. The highest BCUT2D eigenvalue weighted by Crippen LogP contribution is 2.34. The van der Waals surface area contributed by atoms with Crippen LogP contribution in [0.25, 0.3) is 0 Å². The van der Waals surface area contributed by atoms with Crippen molar-refractivity contribution in [3.05, 3.63) is 40.0 Å². The zero-order chi connectivity index (χ0) is 20.0. The maximum Gasteiger partial charge on any atom is 0.156 e. The predicted octanol–water partition coefficient (Wildman–Crippen LogP) is 5.60. The van der Waals surface area contributed by atoms with E-state index in [1.165, 1.54) is 0 Å². The molecule has 2 rings (SSSR count). The fourth-order valence-corrected chi connectivity index (χ4v) is 3.53. The Morgan fingerprint density at radius 2 is 1.96 bits per heavy atom. The molecule has 148 valence electrons. The van der Waals surface area contributed by atoms with E-state index in [0.29, 0.717) is 23.1 Å². The maximum absolute atomic E-state index is 6.44. The van der Waals surface area contributed by atoms with Crippen LogP contribution in [0, 0.1) is 20.8 Å². The second-order valence-corrected chi connectivity index (χ2v) is 7.48. The molecule has 0 saturated heterocycles. The van der Waals surface area contributed by atoms with Crippen LogP contribution in [-0.4, -0.2) is 24.7 Å². The van der Waals surface area contributed by atoms with Gasteiger partial charge < -0.3 is 21.1 Å². The van der Waals surface area contributed by atoms with Gasteiger partial charge in [-0.1, -0.05) is 37.4 Å². The lowest BCUT2D eigenvalue weighted by molar-refractivity contribution is 0.182. The lowest BCUT2D eigenvalue weighted by atomic mass is 10.1. The molecule has 0 fully saturated rings. The van der Waals surface area contributed by atoms with Gasteiger partial charge in [0.05, 0.1) is 28.7 Å². The van der Waals surface area contributed by atoms with Gasteiger partial charge in [-0.25, -0.2) is 4.98 Å². The highest BCUT2D eigenvalue weighted by atomic mass is 35.5. The first kappa shape index (κ1) is 21.3. The molecule has 1 heterocycles. The van der Waals surface area contributed by atoms with Gasteiger partial charge in [0.2, 0.25) is 0 Å². The molecular weight excluding hydrogens is 360 g/mol. The minimum absolute atomic E-state index is 0.205. The number of hydrogen-bond acceptors (Lipinski definition) is 5. The molecule has 4 N–H and O–H groups in total. The van der Waals surface area contributed by atoms with Gasteiger partial charge in [0.15, 0.2) is 5.82 Å². The van der Waals surface area contributed by atoms with E-state index in [9.17, 15) is 0 Å². The number of ether oxygens (including phenoxy) is 1. The molecule has 2 aromatic rings. The van der Waals surface area contributed by atoms with E-state index < -0.39 is 0 Å². The Bertz CT molecular complexity index is 756. The Morgan fingerprint density at radius 1 is 1.22 bits per heavy atom. The number of aryl methyl sites for hydroxylation is 3. The third-order valence-electron chi connectivity index (χ3n) is 4.50. The normalized spacial score (nSPS) is 12.1. The van der Waals surface area contributed by atoms with Crippen molar-refractivity contribution in [3.63, 3.8) is 0 Å². The molecule has 1 atom stereocenters. The molecule has 0 aliphatic rings. The quantitative estimate of drug-likeness (QED) is 0.519. The van der Waals surface area contributed by atoms with Gasteiger partial charge in [0.1, 0.15) is 0 Å². The molecular formula is C21H31ClN4O. The first-order chi connectivity index (χ1) is 12.8. The van der Waals surface area contributed by atoms with Crippen molar-refractivity contribution in [1.82, 2.24) is 4.98 Å². The minimum Gasteiger partial charge on any atom is -0.394 e. The average molecular weight is 391 g/mol. The molecule has 5 nitrogen and oxygen atoms in total. The van der Waals surface area contributed by atoms with E-state index in [0.717, 1.165) is 47.5 Å². The van der Waals surface area contributed by atoms with Crippen molar-refractivity contribution in [1.29, 1.82) is 0 Å². The van der Waals surface area contributed by atoms with Gasteiger partial charge in [0.25, 0.3) is 0 Å². The summed E-state index contributed by atoms with van der Waals surface area (Å²) in [5.41, 5.74) is 11.8. The zero-order valence-corrected chi connectivity index (χ0v) is 17.7. The maximum atomic E-state index is 6.44. The first-order valence-corrected chi connectivity index (χ1v) is 9.79. The number of nitrogens with zero attached hydrogens (tertiary/aromatic N) is 1. The van der Waals surface area contributed by atoms with Crippen LogP contribution in [0.3, 0.4) is 0 Å². The lowest BCUT2D eigenvalue weighted by Gasteiger charge is -2.22. The molecule has 0 aliphatic heterocycles. The largest absolute Gasteiger partial charge is 0.394 e. The minimum atomic E-state index is 0.205. The number of methoxy groups -OCH3 is 1. The van der Waals surface area contributed by atoms with Crippen LogP contribution in [0.5, 0.6) is 0 Å². The monoisotopic (exact) mass is 390 g/mol. The Labute approximate surface area is 167 Å². The Hall–Kier alpha value is -1.98. The van der Waals surface area contributed by atoms with Crippen molar-refractivity contribution < 1.29 is 4.74 Å². The van der Waals surface area contributed by atoms with Crippen LogP contribution in [0.2, 0.25) is 5.02 Å². The number of hydrogen-bond donors (Lipinski definition) is 3. The summed E-state index contributed by atoms with van der Waals surface area (Å²) in [6.07, 6.45) is 3.30. The van der Waals surface area contributed by atoms with Crippen LogP contribution in [-0.2, 0) is 4.74 Å². The zero-order valence-electron chi connectivity index (χ0n) is 16.9. The van der Waals surface area contributed by atoms with Crippen LogP contribution in [0.15, 0.2) is 18.2 Å². The van der Waals surface area contributed by atoms with E-state index in [2.05, 4.69) is 28.6 Å². The van der Waals surface area contributed by atoms with Crippen molar-refractivity contribution in [2.75, 3.05) is 30.1 Å². The number of unbranched alkanes of at least 4 members (excludes halogenated alkanes) is 1. The molecule has 6 heteroatoms. The lowest BCUT2D eigenvalue weighted by Crippen LogP contribution is -2.25. The number of anilines is 4. The molecule has 0 saturated carbocycles. The molecule has 27 heavy (non-hydrogen) atoms. The summed E-state index contributed by atoms with van der Waals surface area (Å²) in [5, 5.41) is 7.51. The summed E-state index contributed by atoms with van der Waals surface area (Å²) in [6.45, 7) is 8.82. The third-order valence-corrected chi connectivity index (χ3v) is 4.79. The summed E-state index contributed by atoms with van der Waals surface area (Å²) < 4.78 is 5.36. The Morgan fingerprint density at radius 3 is 2.59 bits per heavy atom. The van der Waals surface area contributed by atoms with Crippen LogP contribution in [0.4, 0.5) is 22.9 Å². The van der Waals surface area contributed by atoms with Gasteiger partial charge >= 0.3 is 0 Å². The highest BCUT2D eigenvalue weighted by molar-refractivity contribution is 6.33. The molecule has 1 aromatic carbocycles. The molecule has 0 aliphatic carbocycles. The van der Waals surface area contributed by atoms with E-state index in [4.69, 9.17) is 22.1 Å². The number of benzene rings is 1. The number of pyridine rings is 1. The van der Waals surface area contributed by atoms with Gasteiger partial charge in [-0.15, -0.1) is 0 Å². The summed E-state index contributed by atoms with van der Waals surface area (Å²) in [5.74, 6) is 0.609. The number of halogens is 1. The second-order valence-electron chi connectivity index (χ2n) is 7.08. The highest BCUT2D eigenvalue weighted by Gasteiger charge is 2.15. The predicted molar refractivity (Wildman–Crippen MR) is 116 cm³/mol. The van der Waals surface area contributed by atoms with Crippen molar-refractivity contribution in [2.45, 2.75) is 53.0 Å². The fraction of sp³-hybridized carbons (Fsp3) is 0.476. The molecule has 0 radical (unpaired) electrons. The topological polar surface area (TPSA) is 72.2 Å². The molecule has 0 spiro atoms. The molecule has 0 bridgehead atoms. The van der Waals surface area contributed by atoms with E-state index in [1.807, 2.05) is 32.9 Å². The second kappa shape index (κ2) is 9.81. The molecule has 1 unspecified atom stereocenters. The summed E-state index contributed by atoms with van der Waals surface area (Å²) in [7, 11) is 1.72. The van der Waals surface area contributed by atoms with E-state index >= 15 is 0 Å². The number of nitrogen functional groups attached to an aromatic ring is 1. The van der Waals surface area contributed by atoms with Gasteiger partial charge in [-0.3, -0.25) is 0 Å². The van der Waals surface area contributed by atoms with Crippen molar-refractivity contribution in [3.8, 4) is 0 Å². The molecule has 1 aromatic heterocycles. The Kier molecular flexibility index (Phi) is 7.75. The fourth-order valence-electron chi connectivity index (χ4n) is 3.16. The van der Waals surface area contributed by atoms with Gasteiger partial charge in [0, 0.05) is 18.8 Å². The van der Waals surface area contributed by atoms with Gasteiger partial charge in [-0.2, -0.15) is 0 Å². The van der Waals surface area contributed by atoms with Gasteiger partial charge in [-0.05, 0) is 50.5 Å². The molecule has 0 amide bonds. The number of nitrogens with two attached hydrogens (primary N) is 1. The van der Waals surface area contributed by atoms with Crippen LogP contribution < -0.4 is 16.4 Å². The average Bonchev–Trinajstić information content (AvgIpc) is 2.59. The van der Waals surface area contributed by atoms with Crippen molar-refractivity contribution >= 4 is 34.5 Å². The SMILES string of the molecule is CCCCC(COC)Nc1cc(C)nc(Nc2c(C)cc(C)cc2Cl)c1N. The number of aromatic nitrogens is 1. The van der Waals surface area contributed by atoms with Crippen LogP contribution in [0.1, 0.15) is 43.0 Å². The summed E-state index contributed by atoms with van der Waals surface area (Å²) in [6, 6.07) is 6.19. The van der Waals surface area contributed by atoms with E-state index in [1.54, 1.807) is 7.11 Å². The van der Waals surface area contributed by atoms with Crippen molar-refractivity contribution in [2.24, 2.45) is 0 Å². The first-order valence-electron chi connectivity index (χ1n) is 9.42. The number of nitrogens with one attached hydrogen (secondary N) is 2. The third kappa shape index (κ3) is 5.75. The van der Waals surface area contributed by atoms with Crippen LogP contribution >= 0.6 is 11.6 Å². The Balaban J connectivity index is 2.32. The summed E-state index contributed by atoms with van der Waals surface area (Å²) in [4.78, 5) is 4.58. The standard InChI is InChI=1S/C21H31ClN4O/c1-6-7-8-16(12-27-5)25-18-11-15(4)24-21(19(18)23)26-20-14(3)9-13(2)10-17(20)22/h9-11,16H,6-8,12,23H2,1-5H3,(H2,24,25,26). The van der Waals surface area contributed by atoms with E-state index in [-0.39, 0.29) is 6.04 Å². The summed E-state index contributed by atoms with van der Waals surface area (Å²) >= 11 is 6.44.